The summed E-state index contributed by atoms with van der Waals surface area (Å²) in [4.78, 5) is 22.1. The molecular weight excluding hydrogens is 292 g/mol. The molecule has 0 spiro atoms. The normalized spacial score (nSPS) is 37.4. The van der Waals surface area contributed by atoms with Gasteiger partial charge in [-0.15, -0.1) is 0 Å². The van der Waals surface area contributed by atoms with Gasteiger partial charge in [0.2, 0.25) is 0 Å². The number of carbonyl (C=O) groups is 2. The number of halogens is 1. The summed E-state index contributed by atoms with van der Waals surface area (Å²) in [5.74, 6) is -0.869. The van der Waals surface area contributed by atoms with E-state index in [4.69, 9.17) is 14.2 Å². The van der Waals surface area contributed by atoms with Crippen LogP contribution >= 0.6 is 15.9 Å². The highest BCUT2D eigenvalue weighted by Gasteiger charge is 2.45. The highest BCUT2D eigenvalue weighted by atomic mass is 79.9. The van der Waals surface area contributed by atoms with Crippen LogP contribution in [0.5, 0.6) is 0 Å². The van der Waals surface area contributed by atoms with E-state index in [9.17, 15) is 9.59 Å². The second-order valence-electron chi connectivity index (χ2n) is 4.20. The van der Waals surface area contributed by atoms with Crippen molar-refractivity contribution in [1.82, 2.24) is 0 Å². The van der Waals surface area contributed by atoms with Crippen molar-refractivity contribution >= 4 is 27.9 Å². The Kier molecular flexibility index (Phi) is 4.94. The van der Waals surface area contributed by atoms with E-state index in [1.54, 1.807) is 0 Å². The molecule has 6 heteroatoms. The van der Waals surface area contributed by atoms with Crippen LogP contribution in [0.2, 0.25) is 0 Å². The maximum absolute atomic E-state index is 11.1. The summed E-state index contributed by atoms with van der Waals surface area (Å²) >= 11 is 3.29. The van der Waals surface area contributed by atoms with Gasteiger partial charge < -0.3 is 14.2 Å². The highest BCUT2D eigenvalue weighted by Crippen LogP contribution is 2.32. The average molecular weight is 309 g/mol. The van der Waals surface area contributed by atoms with Crippen molar-refractivity contribution in [2.45, 2.75) is 51.0 Å². The van der Waals surface area contributed by atoms with Crippen molar-refractivity contribution in [3.05, 3.63) is 0 Å². The summed E-state index contributed by atoms with van der Waals surface area (Å²) in [7, 11) is 0. The summed E-state index contributed by atoms with van der Waals surface area (Å²) in [5, 5.41) is -0.470. The molecule has 1 saturated heterocycles. The fourth-order valence-corrected chi connectivity index (χ4v) is 2.55. The molecule has 0 aromatic carbocycles. The zero-order chi connectivity index (χ0) is 13.2. The van der Waals surface area contributed by atoms with Gasteiger partial charge in [0.25, 0.3) is 0 Å². The number of alkyl halides is 1. The molecule has 17 heavy (non-hydrogen) atoms. The lowest BCUT2D eigenvalue weighted by Crippen LogP contribution is -2.53. The lowest BCUT2D eigenvalue weighted by atomic mass is 9.92. The minimum absolute atomic E-state index is 0.0444. The lowest BCUT2D eigenvalue weighted by molar-refractivity contribution is -0.203. The first-order valence-electron chi connectivity index (χ1n) is 5.47. The molecule has 0 aromatic heterocycles. The van der Waals surface area contributed by atoms with E-state index in [0.717, 1.165) is 0 Å². The highest BCUT2D eigenvalue weighted by molar-refractivity contribution is 9.09. The first kappa shape index (κ1) is 14.4. The largest absolute Gasteiger partial charge is 0.458 e. The summed E-state index contributed by atoms with van der Waals surface area (Å²) < 4.78 is 16.0. The smallest absolute Gasteiger partial charge is 0.303 e. The summed E-state index contributed by atoms with van der Waals surface area (Å²) in [6.45, 7) is 6.43. The number of carbonyl (C=O) groups excluding carboxylic acids is 2. The van der Waals surface area contributed by atoms with E-state index in [1.165, 1.54) is 13.8 Å². The van der Waals surface area contributed by atoms with Gasteiger partial charge in [0.1, 0.15) is 6.10 Å². The molecule has 5 atom stereocenters. The van der Waals surface area contributed by atoms with Crippen molar-refractivity contribution in [2.75, 3.05) is 0 Å². The van der Waals surface area contributed by atoms with Crippen LogP contribution in [-0.4, -0.2) is 35.3 Å². The number of ether oxygens (including phenoxy) is 3. The molecule has 1 heterocycles. The van der Waals surface area contributed by atoms with Crippen molar-refractivity contribution in [2.24, 2.45) is 5.92 Å². The van der Waals surface area contributed by atoms with Crippen LogP contribution < -0.4 is 0 Å². The van der Waals surface area contributed by atoms with Crippen LogP contribution in [0.15, 0.2) is 0 Å². The molecule has 5 nitrogen and oxygen atoms in total. The van der Waals surface area contributed by atoms with Gasteiger partial charge in [-0.3, -0.25) is 9.59 Å². The molecular formula is C11H17BrO5. The van der Waals surface area contributed by atoms with Gasteiger partial charge in [0.15, 0.2) is 11.1 Å². The Bertz CT molecular complexity index is 306. The van der Waals surface area contributed by atoms with Crippen LogP contribution in [0.1, 0.15) is 27.7 Å². The third kappa shape index (κ3) is 3.67. The number of rotatable bonds is 2. The SMILES string of the molecule is CC(=O)OC1C(Br)OC(C)C(C)C1OC(C)=O. The molecule has 1 rings (SSSR count). The van der Waals surface area contributed by atoms with Gasteiger partial charge in [0.05, 0.1) is 6.10 Å². The number of hydrogen-bond donors (Lipinski definition) is 0. The predicted octanol–water partition coefficient (Wildman–Crippen LogP) is 1.63. The van der Waals surface area contributed by atoms with E-state index < -0.39 is 29.2 Å². The Hall–Kier alpha value is -0.620. The Morgan fingerprint density at radius 3 is 2.00 bits per heavy atom. The number of esters is 2. The Labute approximate surface area is 109 Å². The Morgan fingerprint density at radius 1 is 1.06 bits per heavy atom. The van der Waals surface area contributed by atoms with Crippen molar-refractivity contribution in [1.29, 1.82) is 0 Å². The van der Waals surface area contributed by atoms with Gasteiger partial charge in [-0.25, -0.2) is 0 Å². The molecule has 0 radical (unpaired) electrons. The number of hydrogen-bond acceptors (Lipinski definition) is 5. The minimum atomic E-state index is -0.623. The van der Waals surface area contributed by atoms with Gasteiger partial charge in [-0.05, 0) is 6.92 Å². The molecule has 1 aliphatic heterocycles. The first-order chi connectivity index (χ1) is 7.82. The molecule has 0 aliphatic carbocycles. The monoisotopic (exact) mass is 308 g/mol. The Morgan fingerprint density at radius 2 is 1.53 bits per heavy atom. The van der Waals surface area contributed by atoms with Gasteiger partial charge >= 0.3 is 11.9 Å². The van der Waals surface area contributed by atoms with Crippen molar-refractivity contribution in [3.8, 4) is 0 Å². The second-order valence-corrected chi connectivity index (χ2v) is 5.10. The van der Waals surface area contributed by atoms with Crippen LogP contribution in [0.25, 0.3) is 0 Å². The minimum Gasteiger partial charge on any atom is -0.458 e. The quantitative estimate of drug-likeness (QED) is 0.573. The zero-order valence-corrected chi connectivity index (χ0v) is 11.9. The molecule has 0 bridgehead atoms. The van der Waals surface area contributed by atoms with Gasteiger partial charge in [-0.2, -0.15) is 0 Å². The fraction of sp³-hybridized carbons (Fsp3) is 0.818. The van der Waals surface area contributed by atoms with Crippen LogP contribution in [0.3, 0.4) is 0 Å². The molecule has 5 unspecified atom stereocenters. The van der Waals surface area contributed by atoms with Gasteiger partial charge in [0, 0.05) is 19.8 Å². The lowest BCUT2D eigenvalue weighted by Gasteiger charge is -2.41. The van der Waals surface area contributed by atoms with Crippen LogP contribution in [0, 0.1) is 5.92 Å². The third-order valence-corrected chi connectivity index (χ3v) is 3.53. The van der Waals surface area contributed by atoms with E-state index in [-0.39, 0.29) is 12.0 Å². The van der Waals surface area contributed by atoms with E-state index in [1.807, 2.05) is 13.8 Å². The standard InChI is InChI=1S/C11H17BrO5/c1-5-6(2)15-11(12)10(17-8(4)14)9(5)16-7(3)13/h5-6,9-11H,1-4H3. The molecule has 0 aromatic rings. The van der Waals surface area contributed by atoms with Crippen LogP contribution in [0.4, 0.5) is 0 Å². The molecule has 0 N–H and O–H groups in total. The van der Waals surface area contributed by atoms with E-state index in [2.05, 4.69) is 15.9 Å². The zero-order valence-electron chi connectivity index (χ0n) is 10.3. The Balaban J connectivity index is 2.86. The fourth-order valence-electron chi connectivity index (χ4n) is 1.80. The molecule has 1 aliphatic rings. The van der Waals surface area contributed by atoms with Gasteiger partial charge in [-0.1, -0.05) is 22.9 Å². The summed E-state index contributed by atoms with van der Waals surface area (Å²) in [6.07, 6.45) is -1.21. The second kappa shape index (κ2) is 5.82. The predicted molar refractivity (Wildman–Crippen MR) is 63.5 cm³/mol. The maximum atomic E-state index is 11.1. The maximum Gasteiger partial charge on any atom is 0.303 e. The average Bonchev–Trinajstić information content (AvgIpc) is 2.19. The molecule has 1 fully saturated rings. The van der Waals surface area contributed by atoms with Crippen molar-refractivity contribution in [3.63, 3.8) is 0 Å². The topological polar surface area (TPSA) is 61.8 Å². The van der Waals surface area contributed by atoms with Crippen molar-refractivity contribution < 1.29 is 23.8 Å². The van der Waals surface area contributed by atoms with Crippen LogP contribution in [-0.2, 0) is 23.8 Å². The molecule has 0 saturated carbocycles. The third-order valence-electron chi connectivity index (χ3n) is 2.79. The summed E-state index contributed by atoms with van der Waals surface area (Å²) in [6, 6.07) is 0. The first-order valence-corrected chi connectivity index (χ1v) is 6.38. The summed E-state index contributed by atoms with van der Waals surface area (Å²) in [5.41, 5.74) is 0. The molecule has 0 amide bonds. The molecule has 98 valence electrons. The van der Waals surface area contributed by atoms with E-state index >= 15 is 0 Å². The van der Waals surface area contributed by atoms with E-state index in [0.29, 0.717) is 0 Å².